The molecule has 5 nitrogen and oxygen atoms in total. The minimum Gasteiger partial charge on any atom is -0.354 e. The normalized spacial score (nSPS) is 12.4. The van der Waals surface area contributed by atoms with Gasteiger partial charge in [-0.1, -0.05) is 0 Å². The largest absolute Gasteiger partial charge is 0.354 e. The summed E-state index contributed by atoms with van der Waals surface area (Å²) in [4.78, 5) is 15.2. The summed E-state index contributed by atoms with van der Waals surface area (Å²) in [5.41, 5.74) is 5.55. The lowest BCUT2D eigenvalue weighted by Crippen LogP contribution is -2.28. The van der Waals surface area contributed by atoms with Gasteiger partial charge >= 0.3 is 0 Å². The molecule has 1 aromatic rings. The molecule has 1 aromatic heterocycles. The number of carbonyl (C=O) groups excluding carboxylic acids is 1. The maximum Gasteiger partial charge on any atom is 0.220 e. The number of rotatable bonds is 6. The number of carbonyl (C=O) groups is 1. The van der Waals surface area contributed by atoms with E-state index in [4.69, 9.17) is 5.73 Å². The maximum absolute atomic E-state index is 11.3. The molecule has 5 heteroatoms. The first-order valence-corrected chi connectivity index (χ1v) is 5.16. The summed E-state index contributed by atoms with van der Waals surface area (Å²) in [6, 6.07) is 0.0874. The van der Waals surface area contributed by atoms with Crippen LogP contribution in [0.15, 0.2) is 18.7 Å². The summed E-state index contributed by atoms with van der Waals surface area (Å²) in [6.45, 7) is 3.29. The third-order valence-corrected chi connectivity index (χ3v) is 2.08. The molecule has 0 aliphatic carbocycles. The van der Waals surface area contributed by atoms with Crippen LogP contribution >= 0.6 is 0 Å². The molecular formula is C10H18N4O. The SMILES string of the molecule is CC(N)CCC(=O)NCCn1ccnc1. The second-order valence-electron chi connectivity index (χ2n) is 3.67. The molecule has 3 N–H and O–H groups in total. The Kier molecular flexibility index (Phi) is 4.83. The lowest BCUT2D eigenvalue weighted by Gasteiger charge is -2.07. The molecule has 1 unspecified atom stereocenters. The van der Waals surface area contributed by atoms with E-state index >= 15 is 0 Å². The molecule has 0 radical (unpaired) electrons. The number of aromatic nitrogens is 2. The van der Waals surface area contributed by atoms with Gasteiger partial charge in [0.05, 0.1) is 6.33 Å². The van der Waals surface area contributed by atoms with Crippen molar-refractivity contribution in [3.05, 3.63) is 18.7 Å². The first-order valence-electron chi connectivity index (χ1n) is 5.16. The quantitative estimate of drug-likeness (QED) is 0.700. The highest BCUT2D eigenvalue weighted by molar-refractivity contribution is 5.75. The summed E-state index contributed by atoms with van der Waals surface area (Å²) in [5, 5.41) is 2.83. The molecule has 1 amide bonds. The van der Waals surface area contributed by atoms with E-state index in [1.54, 1.807) is 12.5 Å². The van der Waals surface area contributed by atoms with E-state index in [0.29, 0.717) is 13.0 Å². The average molecular weight is 210 g/mol. The molecule has 15 heavy (non-hydrogen) atoms. The van der Waals surface area contributed by atoms with Crippen LogP contribution in [-0.2, 0) is 11.3 Å². The standard InChI is InChI=1S/C10H18N4O/c1-9(11)2-3-10(15)13-5-7-14-6-4-12-8-14/h4,6,8-9H,2-3,5,7,11H2,1H3,(H,13,15). The van der Waals surface area contributed by atoms with Crippen LogP contribution < -0.4 is 11.1 Å². The fourth-order valence-corrected chi connectivity index (χ4v) is 1.19. The monoisotopic (exact) mass is 210 g/mol. The Morgan fingerprint density at radius 2 is 2.47 bits per heavy atom. The second-order valence-corrected chi connectivity index (χ2v) is 3.67. The van der Waals surface area contributed by atoms with Crippen molar-refractivity contribution in [3.8, 4) is 0 Å². The van der Waals surface area contributed by atoms with Crippen LogP contribution in [0.2, 0.25) is 0 Å². The zero-order valence-corrected chi connectivity index (χ0v) is 9.02. The summed E-state index contributed by atoms with van der Waals surface area (Å²) in [5.74, 6) is 0.0624. The Labute approximate surface area is 89.7 Å². The van der Waals surface area contributed by atoms with Crippen molar-refractivity contribution in [2.45, 2.75) is 32.4 Å². The fourth-order valence-electron chi connectivity index (χ4n) is 1.19. The smallest absolute Gasteiger partial charge is 0.220 e. The molecule has 0 aliphatic heterocycles. The zero-order chi connectivity index (χ0) is 11.1. The Morgan fingerprint density at radius 1 is 1.67 bits per heavy atom. The van der Waals surface area contributed by atoms with Crippen LogP contribution in [0.4, 0.5) is 0 Å². The molecule has 1 atom stereocenters. The van der Waals surface area contributed by atoms with Gasteiger partial charge in [-0.15, -0.1) is 0 Å². The second kappa shape index (κ2) is 6.19. The predicted molar refractivity (Wildman–Crippen MR) is 58.1 cm³/mol. The number of nitrogens with one attached hydrogen (secondary N) is 1. The number of amides is 1. The summed E-state index contributed by atoms with van der Waals surface area (Å²) >= 11 is 0. The highest BCUT2D eigenvalue weighted by Crippen LogP contribution is 1.92. The van der Waals surface area contributed by atoms with Gasteiger partial charge in [-0.3, -0.25) is 4.79 Å². The predicted octanol–water partition coefficient (Wildman–Crippen LogP) is 0.127. The molecule has 0 fully saturated rings. The van der Waals surface area contributed by atoms with Gasteiger partial charge in [-0.05, 0) is 13.3 Å². The Bertz CT molecular complexity index is 282. The van der Waals surface area contributed by atoms with Crippen LogP contribution in [0, 0.1) is 0 Å². The van der Waals surface area contributed by atoms with Crippen molar-refractivity contribution >= 4 is 5.91 Å². The van der Waals surface area contributed by atoms with Crippen LogP contribution in [0.1, 0.15) is 19.8 Å². The number of imidazole rings is 1. The van der Waals surface area contributed by atoms with E-state index in [1.165, 1.54) is 0 Å². The number of nitrogens with two attached hydrogens (primary N) is 1. The number of nitrogens with zero attached hydrogens (tertiary/aromatic N) is 2. The van der Waals surface area contributed by atoms with Gasteiger partial charge in [0, 0.05) is 37.9 Å². The minimum absolute atomic E-state index is 0.0624. The molecule has 0 bridgehead atoms. The lowest BCUT2D eigenvalue weighted by atomic mass is 10.2. The Hall–Kier alpha value is -1.36. The summed E-state index contributed by atoms with van der Waals surface area (Å²) in [7, 11) is 0. The summed E-state index contributed by atoms with van der Waals surface area (Å²) in [6.07, 6.45) is 6.55. The fraction of sp³-hybridized carbons (Fsp3) is 0.600. The van der Waals surface area contributed by atoms with Crippen molar-refractivity contribution in [2.24, 2.45) is 5.73 Å². The molecule has 1 heterocycles. The van der Waals surface area contributed by atoms with Crippen molar-refractivity contribution in [1.29, 1.82) is 0 Å². The van der Waals surface area contributed by atoms with Crippen molar-refractivity contribution < 1.29 is 4.79 Å². The van der Waals surface area contributed by atoms with E-state index in [2.05, 4.69) is 10.3 Å². The van der Waals surface area contributed by atoms with Gasteiger partial charge in [-0.25, -0.2) is 4.98 Å². The van der Waals surface area contributed by atoms with E-state index in [1.807, 2.05) is 17.7 Å². The Morgan fingerprint density at radius 3 is 3.07 bits per heavy atom. The topological polar surface area (TPSA) is 72.9 Å². The van der Waals surface area contributed by atoms with E-state index in [9.17, 15) is 4.79 Å². The van der Waals surface area contributed by atoms with Crippen molar-refractivity contribution in [1.82, 2.24) is 14.9 Å². The van der Waals surface area contributed by atoms with Crippen molar-refractivity contribution in [2.75, 3.05) is 6.54 Å². The highest BCUT2D eigenvalue weighted by Gasteiger charge is 2.02. The van der Waals surface area contributed by atoms with Gasteiger partial charge in [0.1, 0.15) is 0 Å². The molecule has 0 saturated heterocycles. The van der Waals surface area contributed by atoms with Crippen LogP contribution in [0.3, 0.4) is 0 Å². The molecule has 0 aliphatic rings. The minimum atomic E-state index is 0.0624. The molecule has 0 saturated carbocycles. The highest BCUT2D eigenvalue weighted by atomic mass is 16.1. The van der Waals surface area contributed by atoms with Gasteiger partial charge in [-0.2, -0.15) is 0 Å². The third-order valence-electron chi connectivity index (χ3n) is 2.08. The van der Waals surface area contributed by atoms with Crippen LogP contribution in [0.25, 0.3) is 0 Å². The lowest BCUT2D eigenvalue weighted by molar-refractivity contribution is -0.121. The van der Waals surface area contributed by atoms with Gasteiger partial charge < -0.3 is 15.6 Å². The molecule has 0 spiro atoms. The van der Waals surface area contributed by atoms with Crippen molar-refractivity contribution in [3.63, 3.8) is 0 Å². The average Bonchev–Trinajstić information content (AvgIpc) is 2.67. The zero-order valence-electron chi connectivity index (χ0n) is 9.02. The molecule has 1 rings (SSSR count). The van der Waals surface area contributed by atoms with Gasteiger partial charge in [0.25, 0.3) is 0 Å². The molecular weight excluding hydrogens is 192 g/mol. The molecule has 0 aromatic carbocycles. The van der Waals surface area contributed by atoms with E-state index in [-0.39, 0.29) is 11.9 Å². The van der Waals surface area contributed by atoms with Gasteiger partial charge in [0.2, 0.25) is 5.91 Å². The van der Waals surface area contributed by atoms with Crippen LogP contribution in [0.5, 0.6) is 0 Å². The first-order chi connectivity index (χ1) is 7.18. The van der Waals surface area contributed by atoms with Gasteiger partial charge in [0.15, 0.2) is 0 Å². The van der Waals surface area contributed by atoms with Crippen LogP contribution in [-0.4, -0.2) is 28.0 Å². The number of hydrogen-bond donors (Lipinski definition) is 2. The number of hydrogen-bond acceptors (Lipinski definition) is 3. The Balaban J connectivity index is 2.07. The van der Waals surface area contributed by atoms with E-state index in [0.717, 1.165) is 13.0 Å². The third kappa shape index (κ3) is 5.17. The van der Waals surface area contributed by atoms with E-state index < -0.39 is 0 Å². The first kappa shape index (κ1) is 11.7. The molecule has 84 valence electrons. The maximum atomic E-state index is 11.3. The summed E-state index contributed by atoms with van der Waals surface area (Å²) < 4.78 is 1.92.